The molecule has 1 aliphatic heterocycles. The van der Waals surface area contributed by atoms with Crippen LogP contribution >= 0.6 is 0 Å². The molecular weight excluding hydrogens is 152 g/mol. The number of fused-ring (bicyclic) bond motifs is 1. The summed E-state index contributed by atoms with van der Waals surface area (Å²) in [6.07, 6.45) is 2.43. The summed E-state index contributed by atoms with van der Waals surface area (Å²) in [4.78, 5) is 10.4. The van der Waals surface area contributed by atoms with Crippen molar-refractivity contribution in [2.45, 2.75) is 6.54 Å². The van der Waals surface area contributed by atoms with E-state index >= 15 is 0 Å². The molecule has 0 atom stereocenters. The van der Waals surface area contributed by atoms with E-state index in [1.807, 2.05) is 24.3 Å². The number of rotatable bonds is 1. The van der Waals surface area contributed by atoms with Crippen LogP contribution in [0.2, 0.25) is 0 Å². The molecule has 0 unspecified atom stereocenters. The maximum absolute atomic E-state index is 10.4. The molecule has 0 fully saturated rings. The van der Waals surface area contributed by atoms with Gasteiger partial charge in [-0.1, -0.05) is 24.3 Å². The first-order chi connectivity index (χ1) is 5.90. The van der Waals surface area contributed by atoms with E-state index < -0.39 is 0 Å². The lowest BCUT2D eigenvalue weighted by Crippen LogP contribution is -2.19. The van der Waals surface area contributed by atoms with Crippen LogP contribution in [0.3, 0.4) is 0 Å². The Morgan fingerprint density at radius 3 is 3.08 bits per heavy atom. The molecule has 3 nitrogen and oxygen atoms in total. The Morgan fingerprint density at radius 2 is 2.25 bits per heavy atom. The van der Waals surface area contributed by atoms with Gasteiger partial charge in [-0.15, -0.1) is 0 Å². The number of nitrogens with zero attached hydrogens (tertiary/aromatic N) is 2. The molecular formula is C9H8N2O. The molecule has 0 aliphatic carbocycles. The van der Waals surface area contributed by atoms with Crippen molar-refractivity contribution < 1.29 is 4.79 Å². The quantitative estimate of drug-likeness (QED) is 0.564. The first kappa shape index (κ1) is 7.03. The zero-order chi connectivity index (χ0) is 8.39. The minimum atomic E-state index is 0.580. The van der Waals surface area contributed by atoms with Crippen molar-refractivity contribution in [3.63, 3.8) is 0 Å². The van der Waals surface area contributed by atoms with E-state index in [0.29, 0.717) is 6.54 Å². The summed E-state index contributed by atoms with van der Waals surface area (Å²) in [7, 11) is 0. The summed E-state index contributed by atoms with van der Waals surface area (Å²) in [6.45, 7) is 0.580. The van der Waals surface area contributed by atoms with Crippen LogP contribution in [0.1, 0.15) is 11.1 Å². The lowest BCUT2D eigenvalue weighted by Gasteiger charge is -2.17. The molecule has 0 spiro atoms. The molecule has 0 saturated carbocycles. The van der Waals surface area contributed by atoms with Gasteiger partial charge in [-0.3, -0.25) is 4.79 Å². The number of benzene rings is 1. The Kier molecular flexibility index (Phi) is 1.63. The SMILES string of the molecule is O=CN1Cc2ccccc2C=N1. The van der Waals surface area contributed by atoms with E-state index in [1.54, 1.807) is 6.21 Å². The zero-order valence-electron chi connectivity index (χ0n) is 6.47. The van der Waals surface area contributed by atoms with Crippen molar-refractivity contribution in [1.29, 1.82) is 0 Å². The lowest BCUT2D eigenvalue weighted by molar-refractivity contribution is -0.118. The van der Waals surface area contributed by atoms with Crippen LogP contribution in [0, 0.1) is 0 Å². The third kappa shape index (κ3) is 1.09. The summed E-state index contributed by atoms with van der Waals surface area (Å²) in [5.41, 5.74) is 2.23. The zero-order valence-corrected chi connectivity index (χ0v) is 6.47. The Hall–Kier alpha value is -1.64. The Balaban J connectivity index is 2.39. The highest BCUT2D eigenvalue weighted by atomic mass is 16.1. The summed E-state index contributed by atoms with van der Waals surface area (Å²) in [5.74, 6) is 0. The molecule has 0 N–H and O–H groups in total. The molecule has 60 valence electrons. The standard InChI is InChI=1S/C9H8N2O/c12-7-11-6-9-4-2-1-3-8(9)5-10-11/h1-5,7H,6H2. The Morgan fingerprint density at radius 1 is 1.42 bits per heavy atom. The normalized spacial score (nSPS) is 14.2. The van der Waals surface area contributed by atoms with E-state index in [0.717, 1.165) is 17.5 Å². The highest BCUT2D eigenvalue weighted by Crippen LogP contribution is 2.13. The fourth-order valence-electron chi connectivity index (χ4n) is 1.22. The van der Waals surface area contributed by atoms with Gasteiger partial charge in [0.15, 0.2) is 0 Å². The largest absolute Gasteiger partial charge is 0.277 e. The summed E-state index contributed by atoms with van der Waals surface area (Å²) >= 11 is 0. The van der Waals surface area contributed by atoms with Crippen molar-refractivity contribution in [2.24, 2.45) is 5.10 Å². The maximum Gasteiger partial charge on any atom is 0.230 e. The van der Waals surface area contributed by atoms with Crippen molar-refractivity contribution in [3.05, 3.63) is 35.4 Å². The summed E-state index contributed by atoms with van der Waals surface area (Å²) in [5, 5.41) is 5.31. The van der Waals surface area contributed by atoms with E-state index in [4.69, 9.17) is 0 Å². The number of hydrazone groups is 1. The van der Waals surface area contributed by atoms with Gasteiger partial charge in [0.25, 0.3) is 0 Å². The predicted octanol–water partition coefficient (Wildman–Crippen LogP) is 0.993. The second kappa shape index (κ2) is 2.77. The van der Waals surface area contributed by atoms with Gasteiger partial charge in [-0.05, 0) is 11.1 Å². The molecule has 3 heteroatoms. The summed E-state index contributed by atoms with van der Waals surface area (Å²) in [6, 6.07) is 7.90. The number of hydrogen-bond donors (Lipinski definition) is 0. The number of carbonyl (C=O) groups excluding carboxylic acids is 1. The molecule has 0 bridgehead atoms. The van der Waals surface area contributed by atoms with E-state index in [1.165, 1.54) is 5.01 Å². The van der Waals surface area contributed by atoms with Gasteiger partial charge < -0.3 is 0 Å². The lowest BCUT2D eigenvalue weighted by atomic mass is 10.1. The molecule has 0 aromatic heterocycles. The minimum absolute atomic E-state index is 0.580. The van der Waals surface area contributed by atoms with Gasteiger partial charge in [0.1, 0.15) is 0 Å². The van der Waals surface area contributed by atoms with Crippen LogP contribution in [0.25, 0.3) is 0 Å². The first-order valence-electron chi connectivity index (χ1n) is 3.74. The van der Waals surface area contributed by atoms with Gasteiger partial charge in [0.05, 0.1) is 12.8 Å². The Bertz CT molecular complexity index is 333. The average Bonchev–Trinajstić information content (AvgIpc) is 2.17. The fraction of sp³-hybridized carbons (Fsp3) is 0.111. The second-order valence-corrected chi connectivity index (χ2v) is 2.65. The maximum atomic E-state index is 10.4. The van der Waals surface area contributed by atoms with Gasteiger partial charge >= 0.3 is 0 Å². The van der Waals surface area contributed by atoms with Crippen molar-refractivity contribution in [3.8, 4) is 0 Å². The molecule has 1 aliphatic rings. The van der Waals surface area contributed by atoms with Crippen molar-refractivity contribution >= 4 is 12.6 Å². The first-order valence-corrected chi connectivity index (χ1v) is 3.74. The molecule has 12 heavy (non-hydrogen) atoms. The third-order valence-electron chi connectivity index (χ3n) is 1.85. The van der Waals surface area contributed by atoms with E-state index in [9.17, 15) is 4.79 Å². The highest BCUT2D eigenvalue weighted by Gasteiger charge is 2.08. The highest BCUT2D eigenvalue weighted by molar-refractivity contribution is 5.83. The molecule has 1 amide bonds. The second-order valence-electron chi connectivity index (χ2n) is 2.65. The monoisotopic (exact) mass is 160 g/mol. The smallest absolute Gasteiger partial charge is 0.230 e. The average molecular weight is 160 g/mol. The molecule has 1 heterocycles. The van der Waals surface area contributed by atoms with Gasteiger partial charge in [-0.2, -0.15) is 5.10 Å². The summed E-state index contributed by atoms with van der Waals surface area (Å²) < 4.78 is 0. The molecule has 1 aromatic rings. The molecule has 1 aromatic carbocycles. The third-order valence-corrected chi connectivity index (χ3v) is 1.85. The van der Waals surface area contributed by atoms with Crippen LogP contribution in [0.15, 0.2) is 29.4 Å². The van der Waals surface area contributed by atoms with E-state index in [-0.39, 0.29) is 0 Å². The molecule has 0 saturated heterocycles. The van der Waals surface area contributed by atoms with Gasteiger partial charge in [-0.25, -0.2) is 5.01 Å². The van der Waals surface area contributed by atoms with Crippen LogP contribution in [0.5, 0.6) is 0 Å². The van der Waals surface area contributed by atoms with Crippen LogP contribution < -0.4 is 0 Å². The molecule has 0 radical (unpaired) electrons. The van der Waals surface area contributed by atoms with Crippen LogP contribution in [-0.2, 0) is 11.3 Å². The number of hydrogen-bond acceptors (Lipinski definition) is 2. The van der Waals surface area contributed by atoms with Crippen molar-refractivity contribution in [2.75, 3.05) is 0 Å². The number of carbonyl (C=O) groups is 1. The molecule has 2 rings (SSSR count). The van der Waals surface area contributed by atoms with Gasteiger partial charge in [0.2, 0.25) is 6.41 Å². The Labute approximate surface area is 70.3 Å². The fourth-order valence-corrected chi connectivity index (χ4v) is 1.22. The van der Waals surface area contributed by atoms with Crippen LogP contribution in [-0.4, -0.2) is 17.6 Å². The topological polar surface area (TPSA) is 32.7 Å². The van der Waals surface area contributed by atoms with Crippen LogP contribution in [0.4, 0.5) is 0 Å². The van der Waals surface area contributed by atoms with E-state index in [2.05, 4.69) is 5.10 Å². The predicted molar refractivity (Wildman–Crippen MR) is 45.6 cm³/mol. The van der Waals surface area contributed by atoms with Crippen molar-refractivity contribution in [1.82, 2.24) is 5.01 Å². The number of amides is 1. The van der Waals surface area contributed by atoms with Gasteiger partial charge in [0, 0.05) is 0 Å². The minimum Gasteiger partial charge on any atom is -0.277 e.